The third kappa shape index (κ3) is 4.42. The second-order valence-electron chi connectivity index (χ2n) is 5.19. The van der Waals surface area contributed by atoms with E-state index in [2.05, 4.69) is 13.8 Å². The average Bonchev–Trinajstić information content (AvgIpc) is 2.31. The van der Waals surface area contributed by atoms with Gasteiger partial charge < -0.3 is 4.90 Å². The molecule has 0 aromatic rings. The molecule has 2 nitrogen and oxygen atoms in total. The summed E-state index contributed by atoms with van der Waals surface area (Å²) in [7, 11) is 0. The van der Waals surface area contributed by atoms with Crippen molar-refractivity contribution in [3.05, 3.63) is 0 Å². The lowest BCUT2D eigenvalue weighted by molar-refractivity contribution is -0.130. The van der Waals surface area contributed by atoms with Crippen molar-refractivity contribution in [2.45, 2.75) is 46.0 Å². The van der Waals surface area contributed by atoms with Crippen molar-refractivity contribution < 1.29 is 4.79 Å². The van der Waals surface area contributed by atoms with Crippen LogP contribution in [0.25, 0.3) is 0 Å². The van der Waals surface area contributed by atoms with Gasteiger partial charge in [-0.05, 0) is 31.1 Å². The molecule has 0 aromatic carbocycles. The first kappa shape index (κ1) is 12.8. The van der Waals surface area contributed by atoms with E-state index in [0.29, 0.717) is 23.6 Å². The maximum absolute atomic E-state index is 11.8. The van der Waals surface area contributed by atoms with E-state index in [0.717, 1.165) is 38.8 Å². The van der Waals surface area contributed by atoms with Crippen LogP contribution in [0.2, 0.25) is 0 Å². The number of halogens is 1. The van der Waals surface area contributed by atoms with Crippen molar-refractivity contribution in [1.29, 1.82) is 0 Å². The van der Waals surface area contributed by atoms with Crippen LogP contribution in [0.5, 0.6) is 0 Å². The van der Waals surface area contributed by atoms with Gasteiger partial charge in [0.15, 0.2) is 0 Å². The Bertz CT molecular complexity index is 216. The molecule has 0 spiro atoms. The number of unbranched alkanes of at least 4 members (excludes halogenated alkanes) is 1. The van der Waals surface area contributed by atoms with Crippen molar-refractivity contribution in [3.63, 3.8) is 0 Å². The van der Waals surface area contributed by atoms with Crippen LogP contribution in [0.3, 0.4) is 0 Å². The minimum Gasteiger partial charge on any atom is -0.343 e. The number of carbonyl (C=O) groups excluding carboxylic acids is 1. The lowest BCUT2D eigenvalue weighted by Gasteiger charge is -2.23. The normalized spacial score (nSPS) is 21.5. The van der Waals surface area contributed by atoms with Crippen LogP contribution in [0.1, 0.15) is 46.0 Å². The van der Waals surface area contributed by atoms with Crippen molar-refractivity contribution in [2.24, 2.45) is 5.41 Å². The molecular weight excluding hydrogens is 210 g/mol. The van der Waals surface area contributed by atoms with Crippen LogP contribution in [0, 0.1) is 5.41 Å². The van der Waals surface area contributed by atoms with Crippen LogP contribution in [0.15, 0.2) is 0 Å². The van der Waals surface area contributed by atoms with E-state index in [9.17, 15) is 4.79 Å². The zero-order valence-corrected chi connectivity index (χ0v) is 10.6. The van der Waals surface area contributed by atoms with E-state index in [-0.39, 0.29) is 0 Å². The van der Waals surface area contributed by atoms with Gasteiger partial charge in [-0.1, -0.05) is 13.8 Å². The molecule has 0 aliphatic carbocycles. The van der Waals surface area contributed by atoms with E-state index in [1.165, 1.54) is 0 Å². The van der Waals surface area contributed by atoms with Crippen LogP contribution in [-0.4, -0.2) is 29.8 Å². The predicted molar refractivity (Wildman–Crippen MR) is 64.2 cm³/mol. The molecule has 1 aliphatic rings. The number of hydrogen-bond acceptors (Lipinski definition) is 1. The predicted octanol–water partition coefficient (Wildman–Crippen LogP) is 3.04. The SMILES string of the molecule is CC1(C)CCC(=O)N(CCCCCl)CC1. The van der Waals surface area contributed by atoms with E-state index < -0.39 is 0 Å². The third-order valence-electron chi connectivity index (χ3n) is 3.24. The highest BCUT2D eigenvalue weighted by molar-refractivity contribution is 6.17. The van der Waals surface area contributed by atoms with Gasteiger partial charge in [0.25, 0.3) is 0 Å². The molecule has 0 bridgehead atoms. The van der Waals surface area contributed by atoms with E-state index in [4.69, 9.17) is 11.6 Å². The second-order valence-corrected chi connectivity index (χ2v) is 5.57. The number of carbonyl (C=O) groups is 1. The number of rotatable bonds is 4. The van der Waals surface area contributed by atoms with Gasteiger partial charge in [0.05, 0.1) is 0 Å². The molecule has 0 saturated carbocycles. The van der Waals surface area contributed by atoms with Crippen LogP contribution < -0.4 is 0 Å². The molecule has 1 amide bonds. The summed E-state index contributed by atoms with van der Waals surface area (Å²) < 4.78 is 0. The Morgan fingerprint density at radius 1 is 1.33 bits per heavy atom. The minimum absolute atomic E-state index is 0.329. The molecular formula is C12H22ClNO. The summed E-state index contributed by atoms with van der Waals surface area (Å²) in [5.41, 5.74) is 0.330. The molecule has 0 N–H and O–H groups in total. The molecule has 1 heterocycles. The van der Waals surface area contributed by atoms with Gasteiger partial charge in [0.2, 0.25) is 5.91 Å². The van der Waals surface area contributed by atoms with Gasteiger partial charge in [-0.3, -0.25) is 4.79 Å². The number of alkyl halides is 1. The third-order valence-corrected chi connectivity index (χ3v) is 3.51. The summed E-state index contributed by atoms with van der Waals surface area (Å²) >= 11 is 5.63. The number of nitrogens with zero attached hydrogens (tertiary/aromatic N) is 1. The summed E-state index contributed by atoms with van der Waals surface area (Å²) in [5, 5.41) is 0. The largest absolute Gasteiger partial charge is 0.343 e. The van der Waals surface area contributed by atoms with Gasteiger partial charge in [0, 0.05) is 25.4 Å². The summed E-state index contributed by atoms with van der Waals surface area (Å²) in [5.74, 6) is 1.03. The summed E-state index contributed by atoms with van der Waals surface area (Å²) in [4.78, 5) is 13.8. The standard InChI is InChI=1S/C12H22ClNO/c1-12(2)6-5-11(15)14(10-7-12)9-4-3-8-13/h3-10H2,1-2H3. The highest BCUT2D eigenvalue weighted by Gasteiger charge is 2.26. The smallest absolute Gasteiger partial charge is 0.222 e. The average molecular weight is 232 g/mol. The number of hydrogen-bond donors (Lipinski definition) is 0. The fourth-order valence-electron chi connectivity index (χ4n) is 1.92. The van der Waals surface area contributed by atoms with Crippen LogP contribution in [-0.2, 0) is 4.79 Å². The summed E-state index contributed by atoms with van der Waals surface area (Å²) in [6.07, 6.45) is 4.91. The Morgan fingerprint density at radius 3 is 2.73 bits per heavy atom. The van der Waals surface area contributed by atoms with Crippen molar-refractivity contribution in [3.8, 4) is 0 Å². The van der Waals surface area contributed by atoms with Gasteiger partial charge in [-0.2, -0.15) is 0 Å². The molecule has 0 atom stereocenters. The quantitative estimate of drug-likeness (QED) is 0.538. The van der Waals surface area contributed by atoms with Crippen molar-refractivity contribution >= 4 is 17.5 Å². The molecule has 1 rings (SSSR count). The Kier molecular flexibility index (Phi) is 4.91. The first-order valence-electron chi connectivity index (χ1n) is 5.89. The molecule has 0 unspecified atom stereocenters. The molecule has 1 fully saturated rings. The minimum atomic E-state index is 0.329. The maximum atomic E-state index is 11.8. The molecule has 0 aromatic heterocycles. The molecule has 3 heteroatoms. The van der Waals surface area contributed by atoms with Gasteiger partial charge in [0.1, 0.15) is 0 Å². The lowest BCUT2D eigenvalue weighted by Crippen LogP contribution is -2.31. The molecule has 0 radical (unpaired) electrons. The van der Waals surface area contributed by atoms with E-state index >= 15 is 0 Å². The van der Waals surface area contributed by atoms with Gasteiger partial charge in [-0.15, -0.1) is 11.6 Å². The van der Waals surface area contributed by atoms with Crippen molar-refractivity contribution in [1.82, 2.24) is 4.90 Å². The zero-order chi connectivity index (χ0) is 11.3. The monoisotopic (exact) mass is 231 g/mol. The lowest BCUT2D eigenvalue weighted by atomic mass is 9.85. The Balaban J connectivity index is 2.40. The number of likely N-dealkylation sites (tertiary alicyclic amines) is 1. The Hall–Kier alpha value is -0.240. The van der Waals surface area contributed by atoms with Gasteiger partial charge >= 0.3 is 0 Å². The Morgan fingerprint density at radius 2 is 2.07 bits per heavy atom. The zero-order valence-electron chi connectivity index (χ0n) is 9.89. The summed E-state index contributed by atoms with van der Waals surface area (Å²) in [6.45, 7) is 6.32. The van der Waals surface area contributed by atoms with Gasteiger partial charge in [-0.25, -0.2) is 0 Å². The molecule has 1 aliphatic heterocycles. The highest BCUT2D eigenvalue weighted by Crippen LogP contribution is 2.30. The van der Waals surface area contributed by atoms with Crippen molar-refractivity contribution in [2.75, 3.05) is 19.0 Å². The summed E-state index contributed by atoms with van der Waals surface area (Å²) in [6, 6.07) is 0. The fourth-order valence-corrected chi connectivity index (χ4v) is 2.11. The molecule has 1 saturated heterocycles. The topological polar surface area (TPSA) is 20.3 Å². The fraction of sp³-hybridized carbons (Fsp3) is 0.917. The van der Waals surface area contributed by atoms with E-state index in [1.807, 2.05) is 4.90 Å². The molecule has 15 heavy (non-hydrogen) atoms. The highest BCUT2D eigenvalue weighted by atomic mass is 35.5. The first-order chi connectivity index (χ1) is 7.05. The molecule has 88 valence electrons. The second kappa shape index (κ2) is 5.74. The Labute approximate surface area is 98.0 Å². The maximum Gasteiger partial charge on any atom is 0.222 e. The van der Waals surface area contributed by atoms with E-state index in [1.54, 1.807) is 0 Å². The van der Waals surface area contributed by atoms with Crippen LogP contribution in [0.4, 0.5) is 0 Å². The number of amides is 1. The van der Waals surface area contributed by atoms with Crippen LogP contribution >= 0.6 is 11.6 Å². The first-order valence-corrected chi connectivity index (χ1v) is 6.42.